The van der Waals surface area contributed by atoms with E-state index in [-0.39, 0.29) is 5.41 Å². The Morgan fingerprint density at radius 2 is 1.64 bits per heavy atom. The molecule has 0 spiro atoms. The Hall–Kier alpha value is -3.09. The van der Waals surface area contributed by atoms with Crippen molar-refractivity contribution in [3.05, 3.63) is 89.2 Å². The summed E-state index contributed by atoms with van der Waals surface area (Å²) in [5, 5.41) is 10.6. The Morgan fingerprint density at radius 1 is 0.909 bits per heavy atom. The van der Waals surface area contributed by atoms with Crippen molar-refractivity contribution in [1.82, 2.24) is 24.7 Å². The molecule has 0 atom stereocenters. The third-order valence-corrected chi connectivity index (χ3v) is 6.70. The van der Waals surface area contributed by atoms with E-state index in [1.165, 1.54) is 5.56 Å². The zero-order valence-electron chi connectivity index (χ0n) is 18.7. The smallest absolute Gasteiger partial charge is 0.196 e. The average molecular weight is 474 g/mol. The van der Waals surface area contributed by atoms with Gasteiger partial charge in [-0.1, -0.05) is 80.5 Å². The molecule has 2 heterocycles. The highest BCUT2D eigenvalue weighted by Crippen LogP contribution is 2.31. The number of H-pyrrole nitrogens is 1. The molecular formula is C26H24ClN5S. The quantitative estimate of drug-likeness (QED) is 0.278. The lowest BCUT2D eigenvalue weighted by molar-refractivity contribution is 0.590. The molecule has 5 aromatic rings. The Bertz CT molecular complexity index is 1360. The predicted molar refractivity (Wildman–Crippen MR) is 136 cm³/mol. The third kappa shape index (κ3) is 4.54. The van der Waals surface area contributed by atoms with E-state index in [9.17, 15) is 0 Å². The molecule has 1 N–H and O–H groups in total. The molecule has 0 saturated carbocycles. The minimum Gasteiger partial charge on any atom is -0.341 e. The minimum absolute atomic E-state index is 0.0932. The van der Waals surface area contributed by atoms with Crippen LogP contribution in [0.1, 0.15) is 32.2 Å². The lowest BCUT2D eigenvalue weighted by atomic mass is 9.87. The molecule has 166 valence electrons. The van der Waals surface area contributed by atoms with Crippen LogP contribution in [0.2, 0.25) is 5.02 Å². The van der Waals surface area contributed by atoms with Crippen molar-refractivity contribution in [2.45, 2.75) is 37.1 Å². The maximum atomic E-state index is 6.15. The van der Waals surface area contributed by atoms with Crippen LogP contribution in [0.5, 0.6) is 0 Å². The van der Waals surface area contributed by atoms with Crippen LogP contribution in [0.4, 0.5) is 0 Å². The zero-order chi connectivity index (χ0) is 23.0. The second kappa shape index (κ2) is 8.69. The van der Waals surface area contributed by atoms with Crippen molar-refractivity contribution < 1.29 is 0 Å². The molecule has 2 aromatic heterocycles. The zero-order valence-corrected chi connectivity index (χ0v) is 20.3. The maximum absolute atomic E-state index is 6.15. The van der Waals surface area contributed by atoms with E-state index in [0.717, 1.165) is 39.1 Å². The SMILES string of the molecule is CC(C)(C)c1ccc(-c2nnc(SCc3nc4ccccc4[nH]3)n2-c2ccc(Cl)cc2)cc1. The number of aromatic nitrogens is 5. The highest BCUT2D eigenvalue weighted by molar-refractivity contribution is 7.98. The summed E-state index contributed by atoms with van der Waals surface area (Å²) >= 11 is 7.75. The van der Waals surface area contributed by atoms with E-state index in [1.807, 2.05) is 48.5 Å². The van der Waals surface area contributed by atoms with E-state index < -0.39 is 0 Å². The van der Waals surface area contributed by atoms with Crippen LogP contribution in [0.15, 0.2) is 78.0 Å². The molecule has 5 nitrogen and oxygen atoms in total. The number of hydrogen-bond donors (Lipinski definition) is 1. The topological polar surface area (TPSA) is 59.4 Å². The van der Waals surface area contributed by atoms with Crippen molar-refractivity contribution in [2.75, 3.05) is 0 Å². The fraction of sp³-hybridized carbons (Fsp3) is 0.192. The van der Waals surface area contributed by atoms with Crippen LogP contribution in [-0.4, -0.2) is 24.7 Å². The first-order valence-electron chi connectivity index (χ1n) is 10.8. The molecule has 0 aliphatic rings. The average Bonchev–Trinajstić information content (AvgIpc) is 3.41. The molecule has 0 bridgehead atoms. The number of benzene rings is 3. The number of halogens is 1. The summed E-state index contributed by atoms with van der Waals surface area (Å²) in [5.74, 6) is 2.36. The standard InChI is InChI=1S/C26H24ClN5S/c1-26(2,3)18-10-8-17(9-11-18)24-30-31-25(32(24)20-14-12-19(27)13-15-20)33-16-23-28-21-6-4-5-7-22(21)29-23/h4-15H,16H2,1-3H3,(H,28,29). The van der Waals surface area contributed by atoms with Gasteiger partial charge in [0.25, 0.3) is 0 Å². The molecule has 0 saturated heterocycles. The van der Waals surface area contributed by atoms with Crippen LogP contribution in [0.25, 0.3) is 28.1 Å². The van der Waals surface area contributed by atoms with Gasteiger partial charge in [0.15, 0.2) is 11.0 Å². The summed E-state index contributed by atoms with van der Waals surface area (Å²) in [4.78, 5) is 8.07. The Kier molecular flexibility index (Phi) is 5.72. The van der Waals surface area contributed by atoms with Crippen LogP contribution in [0.3, 0.4) is 0 Å². The number of fused-ring (bicyclic) bond motifs is 1. The van der Waals surface area contributed by atoms with Gasteiger partial charge in [0.2, 0.25) is 0 Å². The van der Waals surface area contributed by atoms with Crippen molar-refractivity contribution in [3.63, 3.8) is 0 Å². The Balaban J connectivity index is 1.51. The van der Waals surface area contributed by atoms with E-state index in [0.29, 0.717) is 10.8 Å². The fourth-order valence-electron chi connectivity index (χ4n) is 3.70. The number of imidazole rings is 1. The number of para-hydroxylation sites is 2. The van der Waals surface area contributed by atoms with Crippen molar-refractivity contribution in [2.24, 2.45) is 0 Å². The molecule has 0 aliphatic carbocycles. The summed E-state index contributed by atoms with van der Waals surface area (Å²) in [6, 6.07) is 24.4. The van der Waals surface area contributed by atoms with Crippen LogP contribution in [-0.2, 0) is 11.2 Å². The number of nitrogens with zero attached hydrogens (tertiary/aromatic N) is 4. The molecule has 7 heteroatoms. The number of nitrogens with one attached hydrogen (secondary N) is 1. The van der Waals surface area contributed by atoms with Gasteiger partial charge in [0, 0.05) is 16.3 Å². The second-order valence-electron chi connectivity index (χ2n) is 8.93. The lowest BCUT2D eigenvalue weighted by Gasteiger charge is -2.19. The molecular weight excluding hydrogens is 450 g/mol. The first-order chi connectivity index (χ1) is 15.9. The highest BCUT2D eigenvalue weighted by Gasteiger charge is 2.19. The first kappa shape index (κ1) is 21.7. The van der Waals surface area contributed by atoms with Gasteiger partial charge in [-0.05, 0) is 47.4 Å². The maximum Gasteiger partial charge on any atom is 0.196 e. The third-order valence-electron chi connectivity index (χ3n) is 5.50. The van der Waals surface area contributed by atoms with Crippen LogP contribution >= 0.6 is 23.4 Å². The summed E-state index contributed by atoms with van der Waals surface area (Å²) in [6.45, 7) is 6.64. The van der Waals surface area contributed by atoms with Gasteiger partial charge in [-0.2, -0.15) is 0 Å². The summed E-state index contributed by atoms with van der Waals surface area (Å²) in [7, 11) is 0. The normalized spacial score (nSPS) is 11.9. The number of rotatable bonds is 5. The molecule has 0 unspecified atom stereocenters. The van der Waals surface area contributed by atoms with E-state index in [4.69, 9.17) is 11.6 Å². The molecule has 0 aliphatic heterocycles. The van der Waals surface area contributed by atoms with E-state index >= 15 is 0 Å². The van der Waals surface area contributed by atoms with Crippen molar-refractivity contribution in [1.29, 1.82) is 0 Å². The van der Waals surface area contributed by atoms with Gasteiger partial charge in [0.1, 0.15) is 5.82 Å². The molecule has 0 amide bonds. The highest BCUT2D eigenvalue weighted by atomic mass is 35.5. The molecule has 5 rings (SSSR count). The number of hydrogen-bond acceptors (Lipinski definition) is 4. The number of aromatic amines is 1. The number of thioether (sulfide) groups is 1. The first-order valence-corrected chi connectivity index (χ1v) is 12.1. The van der Waals surface area contributed by atoms with Gasteiger partial charge in [0.05, 0.1) is 16.8 Å². The largest absolute Gasteiger partial charge is 0.341 e. The van der Waals surface area contributed by atoms with Crippen molar-refractivity contribution >= 4 is 34.4 Å². The van der Waals surface area contributed by atoms with Gasteiger partial charge < -0.3 is 4.98 Å². The summed E-state index contributed by atoms with van der Waals surface area (Å²) in [5.41, 5.74) is 5.35. The van der Waals surface area contributed by atoms with Crippen molar-refractivity contribution in [3.8, 4) is 17.1 Å². The van der Waals surface area contributed by atoms with E-state index in [1.54, 1.807) is 11.8 Å². The molecule has 0 fully saturated rings. The van der Waals surface area contributed by atoms with Gasteiger partial charge in [-0.25, -0.2) is 4.98 Å². The predicted octanol–water partition coefficient (Wildman–Crippen LogP) is 7.05. The molecule has 33 heavy (non-hydrogen) atoms. The van der Waals surface area contributed by atoms with Gasteiger partial charge in [-0.15, -0.1) is 10.2 Å². The summed E-state index contributed by atoms with van der Waals surface area (Å²) < 4.78 is 2.08. The van der Waals surface area contributed by atoms with E-state index in [2.05, 4.69) is 69.8 Å². The van der Waals surface area contributed by atoms with Crippen LogP contribution in [0, 0.1) is 0 Å². The molecule has 3 aromatic carbocycles. The lowest BCUT2D eigenvalue weighted by Crippen LogP contribution is -2.10. The Morgan fingerprint density at radius 3 is 2.33 bits per heavy atom. The fourth-order valence-corrected chi connectivity index (χ4v) is 4.65. The Labute approximate surface area is 202 Å². The molecule has 0 radical (unpaired) electrons. The monoisotopic (exact) mass is 473 g/mol. The second-order valence-corrected chi connectivity index (χ2v) is 10.3. The van der Waals surface area contributed by atoms with Gasteiger partial charge in [-0.3, -0.25) is 4.57 Å². The summed E-state index contributed by atoms with van der Waals surface area (Å²) in [6.07, 6.45) is 0. The van der Waals surface area contributed by atoms with Gasteiger partial charge >= 0.3 is 0 Å². The van der Waals surface area contributed by atoms with Crippen LogP contribution < -0.4 is 0 Å². The minimum atomic E-state index is 0.0932.